The molecule has 1 aliphatic heterocycles. The van der Waals surface area contributed by atoms with E-state index in [0.29, 0.717) is 0 Å². The van der Waals surface area contributed by atoms with Crippen LogP contribution in [0.3, 0.4) is 0 Å². The number of rotatable bonds is 4. The lowest BCUT2D eigenvalue weighted by Gasteiger charge is -2.33. The summed E-state index contributed by atoms with van der Waals surface area (Å²) in [5.74, 6) is 0.177. The summed E-state index contributed by atoms with van der Waals surface area (Å²) in [6, 6.07) is 10.6. The maximum Gasteiger partial charge on any atom is 0.222 e. The molecule has 2 heterocycles. The highest BCUT2D eigenvalue weighted by Gasteiger charge is 2.24. The van der Waals surface area contributed by atoms with E-state index in [1.54, 1.807) is 11.3 Å². The zero-order valence-corrected chi connectivity index (χ0v) is 14.5. The maximum absolute atomic E-state index is 11.9. The highest BCUT2D eigenvalue weighted by Crippen LogP contribution is 2.32. The van der Waals surface area contributed by atoms with Gasteiger partial charge in [0, 0.05) is 31.2 Å². The number of anilines is 1. The van der Waals surface area contributed by atoms with Crippen LogP contribution in [-0.4, -0.2) is 30.0 Å². The lowest BCUT2D eigenvalue weighted by atomic mass is 10.1. The molecule has 0 aliphatic carbocycles. The Labute approximate surface area is 141 Å². The molecule has 1 atom stereocenters. The summed E-state index contributed by atoms with van der Waals surface area (Å²) in [4.78, 5) is 20.0. The predicted octanol–water partition coefficient (Wildman–Crippen LogP) is 3.55. The van der Waals surface area contributed by atoms with Crippen molar-refractivity contribution in [2.24, 2.45) is 5.92 Å². The van der Waals surface area contributed by atoms with Gasteiger partial charge in [-0.1, -0.05) is 55.5 Å². The molecule has 1 unspecified atom stereocenters. The van der Waals surface area contributed by atoms with Crippen LogP contribution in [0.1, 0.15) is 26.7 Å². The number of carbonyl (C=O) groups excluding carboxylic acids is 1. The van der Waals surface area contributed by atoms with E-state index in [-0.39, 0.29) is 17.9 Å². The van der Waals surface area contributed by atoms with Gasteiger partial charge in [0.05, 0.1) is 4.88 Å². The second kappa shape index (κ2) is 7.13. The summed E-state index contributed by atoms with van der Waals surface area (Å²) in [6.45, 7) is 5.72. The van der Waals surface area contributed by atoms with E-state index in [4.69, 9.17) is 0 Å². The van der Waals surface area contributed by atoms with Gasteiger partial charge >= 0.3 is 0 Å². The standard InChI is InChI=1S/C18H23N3OS/c1-13(2)17(22)20-15-9-6-10-21(12-15)18-19-11-16(23-18)14-7-4-3-5-8-14/h3-5,7-8,11,13,15H,6,9-10,12H2,1-2H3,(H,20,22). The number of nitrogens with zero attached hydrogens (tertiary/aromatic N) is 2. The third kappa shape index (κ3) is 3.91. The van der Waals surface area contributed by atoms with Crippen molar-refractivity contribution < 1.29 is 4.79 Å². The molecule has 1 aromatic carbocycles. The fourth-order valence-electron chi connectivity index (χ4n) is 2.78. The van der Waals surface area contributed by atoms with Crippen molar-refractivity contribution in [3.05, 3.63) is 36.5 Å². The molecular formula is C18H23N3OS. The van der Waals surface area contributed by atoms with Crippen LogP contribution < -0.4 is 10.2 Å². The van der Waals surface area contributed by atoms with Gasteiger partial charge in [-0.3, -0.25) is 4.79 Å². The Morgan fingerprint density at radius 2 is 2.13 bits per heavy atom. The zero-order valence-electron chi connectivity index (χ0n) is 13.7. The summed E-state index contributed by atoms with van der Waals surface area (Å²) in [6.07, 6.45) is 4.08. The molecule has 0 radical (unpaired) electrons. The Hall–Kier alpha value is -1.88. The summed E-state index contributed by atoms with van der Waals surface area (Å²) in [7, 11) is 0. The van der Waals surface area contributed by atoms with Gasteiger partial charge in [0.1, 0.15) is 0 Å². The van der Waals surface area contributed by atoms with Gasteiger partial charge in [-0.15, -0.1) is 0 Å². The van der Waals surface area contributed by atoms with Crippen molar-refractivity contribution in [1.82, 2.24) is 10.3 Å². The number of amides is 1. The zero-order chi connectivity index (χ0) is 16.2. The third-order valence-corrected chi connectivity index (χ3v) is 5.22. The minimum atomic E-state index is 0.0370. The van der Waals surface area contributed by atoms with Crippen LogP contribution in [-0.2, 0) is 4.79 Å². The number of hydrogen-bond donors (Lipinski definition) is 1. The topological polar surface area (TPSA) is 45.2 Å². The van der Waals surface area contributed by atoms with Crippen molar-refractivity contribution in [2.75, 3.05) is 18.0 Å². The monoisotopic (exact) mass is 329 g/mol. The highest BCUT2D eigenvalue weighted by atomic mass is 32.1. The van der Waals surface area contributed by atoms with Crippen LogP contribution >= 0.6 is 11.3 Å². The Bertz CT molecular complexity index is 653. The highest BCUT2D eigenvalue weighted by molar-refractivity contribution is 7.18. The molecule has 2 aromatic rings. The molecule has 122 valence electrons. The van der Waals surface area contributed by atoms with Crippen LogP contribution in [0.5, 0.6) is 0 Å². The van der Waals surface area contributed by atoms with Gasteiger partial charge in [0.25, 0.3) is 0 Å². The molecule has 0 bridgehead atoms. The van der Waals surface area contributed by atoms with E-state index in [1.165, 1.54) is 10.4 Å². The third-order valence-electron chi connectivity index (χ3n) is 4.11. The average molecular weight is 329 g/mol. The smallest absolute Gasteiger partial charge is 0.222 e. The summed E-state index contributed by atoms with van der Waals surface area (Å²) >= 11 is 1.72. The first-order valence-corrected chi connectivity index (χ1v) is 9.01. The fraction of sp³-hybridized carbons (Fsp3) is 0.444. The van der Waals surface area contributed by atoms with Gasteiger partial charge < -0.3 is 10.2 Å². The van der Waals surface area contributed by atoms with Crippen LogP contribution in [0.15, 0.2) is 36.5 Å². The van der Waals surface area contributed by atoms with Gasteiger partial charge in [-0.2, -0.15) is 0 Å². The van der Waals surface area contributed by atoms with E-state index >= 15 is 0 Å². The van der Waals surface area contributed by atoms with E-state index in [9.17, 15) is 4.79 Å². The van der Waals surface area contributed by atoms with E-state index in [2.05, 4.69) is 27.3 Å². The number of benzene rings is 1. The average Bonchev–Trinajstić information content (AvgIpc) is 3.06. The van der Waals surface area contributed by atoms with Crippen LogP contribution in [0, 0.1) is 5.92 Å². The number of nitrogens with one attached hydrogen (secondary N) is 1. The molecule has 3 rings (SSSR count). The van der Waals surface area contributed by atoms with Crippen molar-refractivity contribution >= 4 is 22.4 Å². The SMILES string of the molecule is CC(C)C(=O)NC1CCCN(c2ncc(-c3ccccc3)s2)C1. The first-order valence-electron chi connectivity index (χ1n) is 8.20. The molecule has 0 spiro atoms. The summed E-state index contributed by atoms with van der Waals surface area (Å²) in [5.41, 5.74) is 1.21. The lowest BCUT2D eigenvalue weighted by Crippen LogP contribution is -2.48. The number of thiazole rings is 1. The second-order valence-corrected chi connectivity index (χ2v) is 7.33. The first-order chi connectivity index (χ1) is 11.1. The number of aromatic nitrogens is 1. The van der Waals surface area contributed by atoms with Crippen molar-refractivity contribution in [2.45, 2.75) is 32.7 Å². The molecular weight excluding hydrogens is 306 g/mol. The Morgan fingerprint density at radius 3 is 2.87 bits per heavy atom. The normalized spacial score (nSPS) is 18.2. The minimum Gasteiger partial charge on any atom is -0.351 e. The van der Waals surface area contributed by atoms with Crippen LogP contribution in [0.4, 0.5) is 5.13 Å². The molecule has 5 heteroatoms. The largest absolute Gasteiger partial charge is 0.351 e. The predicted molar refractivity (Wildman–Crippen MR) is 95.8 cm³/mol. The van der Waals surface area contributed by atoms with Gasteiger partial charge in [0.15, 0.2) is 5.13 Å². The van der Waals surface area contributed by atoms with Crippen molar-refractivity contribution in [1.29, 1.82) is 0 Å². The van der Waals surface area contributed by atoms with E-state index in [0.717, 1.165) is 31.1 Å². The van der Waals surface area contributed by atoms with Crippen molar-refractivity contribution in [3.8, 4) is 10.4 Å². The maximum atomic E-state index is 11.9. The Morgan fingerprint density at radius 1 is 1.35 bits per heavy atom. The first kappa shape index (κ1) is 16.0. The molecule has 1 N–H and O–H groups in total. The number of hydrogen-bond acceptors (Lipinski definition) is 4. The Balaban J connectivity index is 1.67. The summed E-state index contributed by atoms with van der Waals surface area (Å²) < 4.78 is 0. The van der Waals surface area contributed by atoms with E-state index < -0.39 is 0 Å². The van der Waals surface area contributed by atoms with Crippen LogP contribution in [0.25, 0.3) is 10.4 Å². The molecule has 1 aliphatic rings. The Kier molecular flexibility index (Phi) is 4.96. The minimum absolute atomic E-state index is 0.0370. The summed E-state index contributed by atoms with van der Waals surface area (Å²) in [5, 5.41) is 4.20. The van der Waals surface area contributed by atoms with E-state index in [1.807, 2.05) is 38.2 Å². The molecule has 1 saturated heterocycles. The molecule has 4 nitrogen and oxygen atoms in total. The molecule has 0 saturated carbocycles. The fourth-order valence-corrected chi connectivity index (χ4v) is 3.74. The quantitative estimate of drug-likeness (QED) is 0.933. The van der Waals surface area contributed by atoms with Crippen LogP contribution in [0.2, 0.25) is 0 Å². The second-order valence-electron chi connectivity index (χ2n) is 6.32. The molecule has 23 heavy (non-hydrogen) atoms. The van der Waals surface area contributed by atoms with Gasteiger partial charge in [0.2, 0.25) is 5.91 Å². The lowest BCUT2D eigenvalue weighted by molar-refractivity contribution is -0.124. The molecule has 1 amide bonds. The number of carbonyl (C=O) groups is 1. The molecule has 1 aromatic heterocycles. The van der Waals surface area contributed by atoms with Gasteiger partial charge in [-0.05, 0) is 18.4 Å². The van der Waals surface area contributed by atoms with Gasteiger partial charge in [-0.25, -0.2) is 4.98 Å². The molecule has 1 fully saturated rings. The van der Waals surface area contributed by atoms with Crippen molar-refractivity contribution in [3.63, 3.8) is 0 Å². The number of piperidine rings is 1.